The van der Waals surface area contributed by atoms with Crippen molar-refractivity contribution in [3.63, 3.8) is 0 Å². The summed E-state index contributed by atoms with van der Waals surface area (Å²) in [7, 11) is -1.51. The number of halogens is 5. The van der Waals surface area contributed by atoms with Gasteiger partial charge in [-0.05, 0) is 88.4 Å². The van der Waals surface area contributed by atoms with Crippen molar-refractivity contribution in [2.24, 2.45) is 0 Å². The molecule has 0 aliphatic heterocycles. The van der Waals surface area contributed by atoms with Gasteiger partial charge >= 0.3 is 7.12 Å². The van der Waals surface area contributed by atoms with Crippen LogP contribution >= 0.6 is 61.8 Å². The quantitative estimate of drug-likeness (QED) is 0.0980. The van der Waals surface area contributed by atoms with Gasteiger partial charge in [0.2, 0.25) is 0 Å². The molecule has 0 saturated carbocycles. The molecule has 0 spiro atoms. The molecule has 0 saturated heterocycles. The third-order valence-corrected chi connectivity index (χ3v) is 10.7. The molecule has 0 unspecified atom stereocenters. The topological polar surface area (TPSA) is 107 Å². The highest BCUT2D eigenvalue weighted by molar-refractivity contribution is 9.08. The lowest BCUT2D eigenvalue weighted by Crippen LogP contribution is -2.29. The number of alkyl halides is 1. The van der Waals surface area contributed by atoms with Crippen LogP contribution in [0.2, 0.25) is 10.0 Å². The van der Waals surface area contributed by atoms with E-state index < -0.39 is 7.12 Å². The Morgan fingerprint density at radius 1 is 0.630 bits per heavy atom. The third-order valence-electron chi connectivity index (χ3n) is 8.12. The largest absolute Gasteiger partial charge is 0.508 e. The van der Waals surface area contributed by atoms with Gasteiger partial charge in [0.15, 0.2) is 0 Å². The zero-order valence-corrected chi connectivity index (χ0v) is 32.7. The van der Waals surface area contributed by atoms with Crippen LogP contribution in [0.5, 0.6) is 11.5 Å². The summed E-state index contributed by atoms with van der Waals surface area (Å²) in [5, 5.41) is 37.3. The number of phenolic OH excluding ortho intramolecular Hbond substituents is 2. The molecule has 8 aromatic rings. The Morgan fingerprint density at radius 3 is 1.61 bits per heavy atom. The highest BCUT2D eigenvalue weighted by Crippen LogP contribution is 2.38. The summed E-state index contributed by atoms with van der Waals surface area (Å²) in [6.45, 7) is 0. The zero-order chi connectivity index (χ0) is 38.4. The predicted molar refractivity (Wildman–Crippen MR) is 222 cm³/mol. The standard InChI is InChI=1S/C20H13ClFNOS.C14H8BrClFNS.C6H7BO3/c21-15-5-2-4-13(9-15)18-19(22)14(10-17-20(18)23-11-25-17)7-12-3-1-6-16(24)8-12;15-6-9-5-11-14(18-7-19-11)12(13(9)17)8-2-1-3-10(16)4-8;8-6-3-1-2-5(4-6)7(9)10/h1-6,8-11,24H,7H2;1-5,7H,6H2;1-4,8-10H. The third kappa shape index (κ3) is 9.27. The summed E-state index contributed by atoms with van der Waals surface area (Å²) in [6, 6.07) is 30.7. The van der Waals surface area contributed by atoms with E-state index in [4.69, 9.17) is 38.4 Å². The van der Waals surface area contributed by atoms with Crippen LogP contribution in [0, 0.1) is 11.6 Å². The fourth-order valence-corrected chi connectivity index (χ4v) is 7.96. The minimum atomic E-state index is -1.51. The lowest BCUT2D eigenvalue weighted by atomic mass is 9.80. The number of phenols is 2. The van der Waals surface area contributed by atoms with Gasteiger partial charge in [-0.25, -0.2) is 18.7 Å². The van der Waals surface area contributed by atoms with Crippen LogP contribution in [0.1, 0.15) is 16.7 Å². The summed E-state index contributed by atoms with van der Waals surface area (Å²) < 4.78 is 31.8. The normalized spacial score (nSPS) is 10.8. The van der Waals surface area contributed by atoms with E-state index in [0.29, 0.717) is 66.1 Å². The van der Waals surface area contributed by atoms with Gasteiger partial charge in [-0.1, -0.05) is 87.7 Å². The van der Waals surface area contributed by atoms with Crippen molar-refractivity contribution in [3.8, 4) is 33.8 Å². The number of hydrogen-bond acceptors (Lipinski definition) is 8. The zero-order valence-electron chi connectivity index (χ0n) is 27.9. The molecule has 0 radical (unpaired) electrons. The maximum Gasteiger partial charge on any atom is 0.488 e. The molecule has 8 rings (SSSR count). The number of thiazole rings is 2. The van der Waals surface area contributed by atoms with Gasteiger partial charge in [-0.15, -0.1) is 22.7 Å². The smallest absolute Gasteiger partial charge is 0.488 e. The van der Waals surface area contributed by atoms with Crippen LogP contribution < -0.4 is 5.46 Å². The second-order valence-corrected chi connectivity index (χ2v) is 15.0. The van der Waals surface area contributed by atoms with Gasteiger partial charge in [0.1, 0.15) is 23.1 Å². The first-order valence-corrected chi connectivity index (χ1v) is 19.8. The van der Waals surface area contributed by atoms with Gasteiger partial charge in [0, 0.05) is 38.5 Å². The number of nitrogens with zero attached hydrogens (tertiary/aromatic N) is 2. The molecule has 272 valence electrons. The summed E-state index contributed by atoms with van der Waals surface area (Å²) in [5.74, 6) is -0.334. The first-order chi connectivity index (χ1) is 26.0. The number of fused-ring (bicyclic) bond motifs is 2. The fourth-order valence-electron chi connectivity index (χ4n) is 5.68. The molecule has 54 heavy (non-hydrogen) atoms. The van der Waals surface area contributed by atoms with Gasteiger partial charge in [-0.3, -0.25) is 0 Å². The molecule has 0 atom stereocenters. The van der Waals surface area contributed by atoms with Gasteiger partial charge in [0.25, 0.3) is 0 Å². The molecule has 0 fully saturated rings. The van der Waals surface area contributed by atoms with E-state index in [-0.39, 0.29) is 23.1 Å². The second kappa shape index (κ2) is 17.8. The van der Waals surface area contributed by atoms with Crippen LogP contribution in [-0.4, -0.2) is 37.3 Å². The summed E-state index contributed by atoms with van der Waals surface area (Å²) in [6.07, 6.45) is 0.391. The molecule has 0 aliphatic rings. The minimum absolute atomic E-state index is 0.0330. The average molecular weight is 864 g/mol. The van der Waals surface area contributed by atoms with Crippen molar-refractivity contribution in [3.05, 3.63) is 159 Å². The number of aromatic hydroxyl groups is 2. The maximum atomic E-state index is 15.3. The highest BCUT2D eigenvalue weighted by Gasteiger charge is 2.19. The first-order valence-electron chi connectivity index (χ1n) is 16.1. The summed E-state index contributed by atoms with van der Waals surface area (Å²) >= 11 is 18.4. The SMILES string of the molecule is Fc1c(CBr)cc2scnc2c1-c1cccc(Cl)c1.OB(O)c1cccc(O)c1.Oc1cccc(Cc2cc3scnc3c(-c3cccc(Cl)c3)c2F)c1. The van der Waals surface area contributed by atoms with Crippen LogP contribution in [0.25, 0.3) is 42.7 Å². The Kier molecular flexibility index (Phi) is 13.0. The van der Waals surface area contributed by atoms with Crippen molar-refractivity contribution in [2.45, 2.75) is 11.8 Å². The first kappa shape index (κ1) is 39.3. The Balaban J connectivity index is 0.000000151. The minimum Gasteiger partial charge on any atom is -0.508 e. The fraction of sp³-hybridized carbons (Fsp3) is 0.0500. The lowest BCUT2D eigenvalue weighted by molar-refractivity contribution is 0.424. The van der Waals surface area contributed by atoms with Crippen LogP contribution in [0.3, 0.4) is 0 Å². The molecule has 2 heterocycles. The van der Waals surface area contributed by atoms with E-state index in [1.807, 2.05) is 36.4 Å². The van der Waals surface area contributed by atoms with E-state index in [1.165, 1.54) is 40.9 Å². The van der Waals surface area contributed by atoms with E-state index in [1.54, 1.807) is 65.6 Å². The molecule has 0 aliphatic carbocycles. The number of benzene rings is 6. The van der Waals surface area contributed by atoms with Crippen molar-refractivity contribution >= 4 is 94.8 Å². The summed E-state index contributed by atoms with van der Waals surface area (Å²) in [4.78, 5) is 8.62. The van der Waals surface area contributed by atoms with E-state index in [9.17, 15) is 9.50 Å². The number of aromatic nitrogens is 2. The Hall–Kier alpha value is -4.40. The monoisotopic (exact) mass is 862 g/mol. The molecule has 14 heteroatoms. The van der Waals surface area contributed by atoms with Crippen molar-refractivity contribution in [1.29, 1.82) is 0 Å². The average Bonchev–Trinajstić information content (AvgIpc) is 3.82. The second-order valence-electron chi connectivity index (χ2n) is 11.8. The van der Waals surface area contributed by atoms with Crippen LogP contribution in [0.4, 0.5) is 8.78 Å². The van der Waals surface area contributed by atoms with Gasteiger partial charge in [-0.2, -0.15) is 0 Å². The number of hydrogen-bond donors (Lipinski definition) is 4. The van der Waals surface area contributed by atoms with E-state index >= 15 is 4.39 Å². The van der Waals surface area contributed by atoms with Crippen LogP contribution in [0.15, 0.2) is 120 Å². The molecule has 6 nitrogen and oxygen atoms in total. The molecule has 2 aromatic heterocycles. The maximum absolute atomic E-state index is 15.3. The van der Waals surface area contributed by atoms with E-state index in [2.05, 4.69) is 25.9 Å². The molecule has 6 aromatic carbocycles. The predicted octanol–water partition coefficient (Wildman–Crippen LogP) is 10.8. The Morgan fingerprint density at radius 2 is 1.13 bits per heavy atom. The van der Waals surface area contributed by atoms with Gasteiger partial charge in [0.05, 0.1) is 31.5 Å². The Labute approximate surface area is 335 Å². The molecular formula is C40H28BBrCl2F2N2O4S2. The van der Waals surface area contributed by atoms with Crippen LogP contribution in [-0.2, 0) is 11.8 Å². The van der Waals surface area contributed by atoms with Gasteiger partial charge < -0.3 is 20.3 Å². The molecule has 0 amide bonds. The van der Waals surface area contributed by atoms with Crippen molar-refractivity contribution in [2.75, 3.05) is 0 Å². The van der Waals surface area contributed by atoms with Crippen molar-refractivity contribution < 1.29 is 29.0 Å². The lowest BCUT2D eigenvalue weighted by Gasteiger charge is -2.11. The van der Waals surface area contributed by atoms with Crippen molar-refractivity contribution in [1.82, 2.24) is 9.97 Å². The number of rotatable bonds is 6. The molecule has 4 N–H and O–H groups in total. The molecular weight excluding hydrogens is 836 g/mol. The highest BCUT2D eigenvalue weighted by atomic mass is 79.9. The molecule has 0 bridgehead atoms. The Bertz CT molecular complexity index is 2570. The van der Waals surface area contributed by atoms with E-state index in [0.717, 1.165) is 20.5 Å². The summed E-state index contributed by atoms with van der Waals surface area (Å²) in [5.41, 5.74) is 9.57.